The molecule has 0 aromatic carbocycles. The van der Waals surface area contributed by atoms with Crippen molar-refractivity contribution < 1.29 is 0 Å². The van der Waals surface area contributed by atoms with Crippen molar-refractivity contribution in [1.82, 2.24) is 0 Å². The van der Waals surface area contributed by atoms with Gasteiger partial charge in [-0.3, -0.25) is 0 Å². The maximum absolute atomic E-state index is 6.28. The van der Waals surface area contributed by atoms with Crippen molar-refractivity contribution in [2.24, 2.45) is 5.73 Å². The van der Waals surface area contributed by atoms with Gasteiger partial charge in [-0.2, -0.15) is 11.8 Å². The molecule has 0 bridgehead atoms. The molecule has 78 valence electrons. The average Bonchev–Trinajstić information content (AvgIpc) is 2.74. The summed E-state index contributed by atoms with van der Waals surface area (Å²) in [6.45, 7) is 2.27. The number of halogens is 1. The molecule has 2 N–H and O–H groups in total. The third-order valence-corrected chi connectivity index (χ3v) is 5.73. The molecule has 1 aliphatic rings. The zero-order chi connectivity index (χ0) is 10.2. The van der Waals surface area contributed by atoms with E-state index in [-0.39, 0.29) is 10.8 Å². The molecule has 2 heterocycles. The molecule has 2 unspecified atom stereocenters. The van der Waals surface area contributed by atoms with Crippen LogP contribution < -0.4 is 5.73 Å². The van der Waals surface area contributed by atoms with E-state index in [1.54, 1.807) is 11.3 Å². The van der Waals surface area contributed by atoms with Crippen LogP contribution in [0, 0.1) is 0 Å². The molecule has 0 radical (unpaired) electrons. The van der Waals surface area contributed by atoms with E-state index in [0.717, 1.165) is 4.34 Å². The summed E-state index contributed by atoms with van der Waals surface area (Å²) in [7, 11) is 0. The number of rotatable bonds is 2. The summed E-state index contributed by atoms with van der Waals surface area (Å²) in [4.78, 5) is 1.21. The Morgan fingerprint density at radius 2 is 2.36 bits per heavy atom. The lowest BCUT2D eigenvalue weighted by Gasteiger charge is -2.29. The highest BCUT2D eigenvalue weighted by atomic mass is 35.5. The molecule has 2 rings (SSSR count). The second-order valence-corrected chi connectivity index (χ2v) is 7.26. The Morgan fingerprint density at radius 3 is 2.86 bits per heavy atom. The van der Waals surface area contributed by atoms with Crippen LogP contribution in [0.2, 0.25) is 4.34 Å². The topological polar surface area (TPSA) is 26.0 Å². The van der Waals surface area contributed by atoms with E-state index in [2.05, 4.69) is 13.0 Å². The Balaban J connectivity index is 2.18. The van der Waals surface area contributed by atoms with E-state index in [1.165, 1.54) is 23.5 Å². The molecular weight excluding hydrogens is 234 g/mol. The molecule has 2 atom stereocenters. The van der Waals surface area contributed by atoms with Crippen LogP contribution in [0.3, 0.4) is 0 Å². The Hall–Kier alpha value is 0.300. The molecule has 0 spiro atoms. The van der Waals surface area contributed by atoms with E-state index < -0.39 is 0 Å². The third kappa shape index (κ3) is 1.96. The van der Waals surface area contributed by atoms with Gasteiger partial charge in [-0.15, -0.1) is 11.3 Å². The highest BCUT2D eigenvalue weighted by molar-refractivity contribution is 8.00. The zero-order valence-corrected chi connectivity index (χ0v) is 10.5. The molecule has 0 saturated carbocycles. The first kappa shape index (κ1) is 10.8. The van der Waals surface area contributed by atoms with Crippen LogP contribution in [0.15, 0.2) is 12.1 Å². The highest BCUT2D eigenvalue weighted by Gasteiger charge is 2.37. The van der Waals surface area contributed by atoms with Gasteiger partial charge in [-0.05, 0) is 37.7 Å². The monoisotopic (exact) mass is 247 g/mol. The molecule has 1 aromatic rings. The fourth-order valence-electron chi connectivity index (χ4n) is 1.84. The predicted octanol–water partition coefficient (Wildman–Crippen LogP) is 3.69. The van der Waals surface area contributed by atoms with Gasteiger partial charge in [0, 0.05) is 9.62 Å². The minimum Gasteiger partial charge on any atom is -0.322 e. The molecule has 1 fully saturated rings. The second-order valence-electron chi connectivity index (χ2n) is 3.88. The van der Waals surface area contributed by atoms with Gasteiger partial charge in [-0.25, -0.2) is 0 Å². The maximum atomic E-state index is 6.28. The zero-order valence-electron chi connectivity index (χ0n) is 8.13. The molecular formula is C10H14ClNS2. The lowest BCUT2D eigenvalue weighted by atomic mass is 9.96. The van der Waals surface area contributed by atoms with Crippen LogP contribution in [0.1, 0.15) is 30.7 Å². The van der Waals surface area contributed by atoms with Crippen molar-refractivity contribution in [3.8, 4) is 0 Å². The number of hydrogen-bond donors (Lipinski definition) is 1. The number of nitrogens with two attached hydrogens (primary N) is 1. The predicted molar refractivity (Wildman–Crippen MR) is 66.4 cm³/mol. The quantitative estimate of drug-likeness (QED) is 0.863. The van der Waals surface area contributed by atoms with Crippen LogP contribution >= 0.6 is 34.7 Å². The highest BCUT2D eigenvalue weighted by Crippen LogP contribution is 2.46. The first-order valence-electron chi connectivity index (χ1n) is 4.76. The van der Waals surface area contributed by atoms with Crippen LogP contribution in [-0.4, -0.2) is 10.5 Å². The van der Waals surface area contributed by atoms with Crippen LogP contribution in [0.5, 0.6) is 0 Å². The summed E-state index contributed by atoms with van der Waals surface area (Å²) in [5.41, 5.74) is 6.28. The van der Waals surface area contributed by atoms with Gasteiger partial charge in [0.1, 0.15) is 0 Å². The Bertz CT molecular complexity index is 318. The number of hydrogen-bond acceptors (Lipinski definition) is 3. The van der Waals surface area contributed by atoms with E-state index in [9.17, 15) is 0 Å². The summed E-state index contributed by atoms with van der Waals surface area (Å²) in [5, 5.41) is 0. The van der Waals surface area contributed by atoms with E-state index in [1.807, 2.05) is 17.8 Å². The molecule has 0 amide bonds. The largest absolute Gasteiger partial charge is 0.322 e. The van der Waals surface area contributed by atoms with Gasteiger partial charge in [0.25, 0.3) is 0 Å². The Kier molecular flexibility index (Phi) is 3.12. The second kappa shape index (κ2) is 4.05. The Labute approximate surface area is 98.0 Å². The summed E-state index contributed by atoms with van der Waals surface area (Å²) >= 11 is 9.52. The first-order valence-corrected chi connectivity index (χ1v) is 6.95. The first-order chi connectivity index (χ1) is 6.62. The van der Waals surface area contributed by atoms with Gasteiger partial charge >= 0.3 is 0 Å². The van der Waals surface area contributed by atoms with Crippen molar-refractivity contribution in [3.05, 3.63) is 21.3 Å². The maximum Gasteiger partial charge on any atom is 0.0931 e. The smallest absolute Gasteiger partial charge is 0.0931 e. The third-order valence-electron chi connectivity index (χ3n) is 2.81. The van der Waals surface area contributed by atoms with Crippen molar-refractivity contribution in [1.29, 1.82) is 0 Å². The lowest BCUT2D eigenvalue weighted by Crippen LogP contribution is -2.32. The van der Waals surface area contributed by atoms with Crippen molar-refractivity contribution in [3.63, 3.8) is 0 Å². The average molecular weight is 248 g/mol. The molecule has 1 nitrogen and oxygen atoms in total. The molecule has 1 aromatic heterocycles. The minimum atomic E-state index is 0.132. The molecule has 1 aliphatic heterocycles. The fourth-order valence-corrected chi connectivity index (χ4v) is 4.48. The van der Waals surface area contributed by atoms with Gasteiger partial charge in [0.05, 0.1) is 10.4 Å². The van der Waals surface area contributed by atoms with Crippen LogP contribution in [0.25, 0.3) is 0 Å². The van der Waals surface area contributed by atoms with Crippen LogP contribution in [-0.2, 0) is 0 Å². The van der Waals surface area contributed by atoms with Gasteiger partial charge in [0.15, 0.2) is 0 Å². The van der Waals surface area contributed by atoms with E-state index in [4.69, 9.17) is 17.3 Å². The van der Waals surface area contributed by atoms with Gasteiger partial charge in [-0.1, -0.05) is 11.6 Å². The van der Waals surface area contributed by atoms with Crippen molar-refractivity contribution in [2.45, 2.75) is 30.6 Å². The lowest BCUT2D eigenvalue weighted by molar-refractivity contribution is 0.508. The van der Waals surface area contributed by atoms with Crippen molar-refractivity contribution in [2.75, 3.05) is 5.75 Å². The SMILES string of the molecule is CC1(C(N)c2ccc(Cl)s2)CCCS1. The molecule has 0 aliphatic carbocycles. The van der Waals surface area contributed by atoms with Crippen LogP contribution in [0.4, 0.5) is 0 Å². The number of thiophene rings is 1. The fraction of sp³-hybridized carbons (Fsp3) is 0.600. The molecule has 14 heavy (non-hydrogen) atoms. The summed E-state index contributed by atoms with van der Waals surface area (Å²) in [6, 6.07) is 4.12. The molecule has 4 heteroatoms. The number of thioether (sulfide) groups is 1. The normalized spacial score (nSPS) is 29.4. The van der Waals surface area contributed by atoms with Crippen molar-refractivity contribution >= 4 is 34.7 Å². The van der Waals surface area contributed by atoms with Gasteiger partial charge < -0.3 is 5.73 Å². The van der Waals surface area contributed by atoms with E-state index in [0.29, 0.717) is 0 Å². The minimum absolute atomic E-state index is 0.132. The van der Waals surface area contributed by atoms with E-state index >= 15 is 0 Å². The summed E-state index contributed by atoms with van der Waals surface area (Å²) in [6.07, 6.45) is 2.50. The molecule has 1 saturated heterocycles. The summed E-state index contributed by atoms with van der Waals surface area (Å²) < 4.78 is 1.05. The standard InChI is InChI=1S/C10H14ClNS2/c1-10(5-2-6-13-10)9(12)7-3-4-8(11)14-7/h3-4,9H,2,5-6,12H2,1H3. The summed E-state index contributed by atoms with van der Waals surface area (Å²) in [5.74, 6) is 1.24. The Morgan fingerprint density at radius 1 is 1.57 bits per heavy atom. The van der Waals surface area contributed by atoms with Gasteiger partial charge in [0.2, 0.25) is 0 Å².